The van der Waals surface area contributed by atoms with Crippen LogP contribution >= 0.6 is 0 Å². The summed E-state index contributed by atoms with van der Waals surface area (Å²) in [7, 11) is 0. The maximum atomic E-state index is 10.6. The topological polar surface area (TPSA) is 40.5 Å². The molecule has 104 valence electrons. The van der Waals surface area contributed by atoms with Crippen molar-refractivity contribution in [2.75, 3.05) is 13.1 Å². The van der Waals surface area contributed by atoms with E-state index in [4.69, 9.17) is 5.11 Å². The summed E-state index contributed by atoms with van der Waals surface area (Å²) in [6.07, 6.45) is 2.86. The average molecular weight is 261 g/mol. The van der Waals surface area contributed by atoms with Gasteiger partial charge in [-0.15, -0.1) is 0 Å². The SMILES string of the molecule is CCN(Cc1ccccc1C=CC(=O)O)CC(C)C. The Labute approximate surface area is 115 Å². The maximum Gasteiger partial charge on any atom is 0.328 e. The first-order valence-electron chi connectivity index (χ1n) is 6.74. The van der Waals surface area contributed by atoms with Gasteiger partial charge in [-0.3, -0.25) is 4.90 Å². The minimum atomic E-state index is -0.913. The van der Waals surface area contributed by atoms with Gasteiger partial charge in [0.05, 0.1) is 0 Å². The van der Waals surface area contributed by atoms with E-state index in [9.17, 15) is 4.79 Å². The van der Waals surface area contributed by atoms with E-state index in [1.54, 1.807) is 6.08 Å². The number of carboxylic acid groups (broad SMARTS) is 1. The fourth-order valence-corrected chi connectivity index (χ4v) is 2.06. The molecule has 0 radical (unpaired) electrons. The van der Waals surface area contributed by atoms with Gasteiger partial charge in [0, 0.05) is 19.2 Å². The van der Waals surface area contributed by atoms with Crippen LogP contribution in [0.5, 0.6) is 0 Å². The Balaban J connectivity index is 2.84. The van der Waals surface area contributed by atoms with Gasteiger partial charge in [-0.1, -0.05) is 45.0 Å². The number of carboxylic acids is 1. The van der Waals surface area contributed by atoms with Crippen molar-refractivity contribution in [2.45, 2.75) is 27.3 Å². The second-order valence-electron chi connectivity index (χ2n) is 5.09. The number of carbonyl (C=O) groups is 1. The minimum absolute atomic E-state index is 0.627. The molecule has 0 saturated carbocycles. The quantitative estimate of drug-likeness (QED) is 0.766. The van der Waals surface area contributed by atoms with Crippen molar-refractivity contribution in [3.63, 3.8) is 0 Å². The van der Waals surface area contributed by atoms with Gasteiger partial charge in [0.15, 0.2) is 0 Å². The lowest BCUT2D eigenvalue weighted by molar-refractivity contribution is -0.131. The van der Waals surface area contributed by atoms with Crippen LogP contribution in [-0.2, 0) is 11.3 Å². The van der Waals surface area contributed by atoms with Crippen LogP contribution in [0.1, 0.15) is 31.9 Å². The Hall–Kier alpha value is -1.61. The molecule has 0 heterocycles. The van der Waals surface area contributed by atoms with E-state index in [2.05, 4.69) is 31.7 Å². The number of aliphatic carboxylic acids is 1. The van der Waals surface area contributed by atoms with Crippen molar-refractivity contribution in [1.29, 1.82) is 0 Å². The molecule has 0 fully saturated rings. The van der Waals surface area contributed by atoms with Gasteiger partial charge in [0.25, 0.3) is 0 Å². The van der Waals surface area contributed by atoms with Gasteiger partial charge in [-0.2, -0.15) is 0 Å². The summed E-state index contributed by atoms with van der Waals surface area (Å²) in [6.45, 7) is 9.47. The zero-order valence-electron chi connectivity index (χ0n) is 12.0. The van der Waals surface area contributed by atoms with Crippen molar-refractivity contribution in [2.24, 2.45) is 5.92 Å². The summed E-state index contributed by atoms with van der Waals surface area (Å²) >= 11 is 0. The first kappa shape index (κ1) is 15.4. The van der Waals surface area contributed by atoms with Crippen LogP contribution in [0.25, 0.3) is 6.08 Å². The zero-order chi connectivity index (χ0) is 14.3. The smallest absolute Gasteiger partial charge is 0.328 e. The molecule has 1 N–H and O–H groups in total. The second-order valence-corrected chi connectivity index (χ2v) is 5.09. The van der Waals surface area contributed by atoms with E-state index in [0.29, 0.717) is 5.92 Å². The summed E-state index contributed by atoms with van der Waals surface area (Å²) in [5.74, 6) is -0.286. The van der Waals surface area contributed by atoms with Crippen molar-refractivity contribution < 1.29 is 9.90 Å². The van der Waals surface area contributed by atoms with E-state index >= 15 is 0 Å². The molecule has 1 rings (SSSR count). The molecule has 0 aliphatic heterocycles. The first-order valence-corrected chi connectivity index (χ1v) is 6.74. The fraction of sp³-hybridized carbons (Fsp3) is 0.438. The molecule has 1 aromatic rings. The molecule has 3 nitrogen and oxygen atoms in total. The van der Waals surface area contributed by atoms with Crippen LogP contribution in [0.3, 0.4) is 0 Å². The van der Waals surface area contributed by atoms with Gasteiger partial charge in [0.2, 0.25) is 0 Å². The molecule has 0 aromatic heterocycles. The van der Waals surface area contributed by atoms with Crippen molar-refractivity contribution >= 4 is 12.0 Å². The average Bonchev–Trinajstić information content (AvgIpc) is 2.36. The van der Waals surface area contributed by atoms with Crippen molar-refractivity contribution in [1.82, 2.24) is 4.90 Å². The van der Waals surface area contributed by atoms with E-state index < -0.39 is 5.97 Å². The van der Waals surface area contributed by atoms with Gasteiger partial charge in [-0.25, -0.2) is 4.79 Å². The van der Waals surface area contributed by atoms with Crippen LogP contribution in [0.15, 0.2) is 30.3 Å². The van der Waals surface area contributed by atoms with Crippen molar-refractivity contribution in [3.05, 3.63) is 41.5 Å². The Morgan fingerprint density at radius 1 is 1.37 bits per heavy atom. The highest BCUT2D eigenvalue weighted by Crippen LogP contribution is 2.14. The molecule has 0 spiro atoms. The third-order valence-electron chi connectivity index (χ3n) is 2.93. The highest BCUT2D eigenvalue weighted by molar-refractivity contribution is 5.85. The maximum absolute atomic E-state index is 10.6. The van der Waals surface area contributed by atoms with Crippen LogP contribution in [-0.4, -0.2) is 29.1 Å². The summed E-state index contributed by atoms with van der Waals surface area (Å²) in [6, 6.07) is 7.95. The fourth-order valence-electron chi connectivity index (χ4n) is 2.06. The molecule has 0 atom stereocenters. The molecule has 19 heavy (non-hydrogen) atoms. The molecule has 0 aliphatic rings. The zero-order valence-corrected chi connectivity index (χ0v) is 12.0. The number of rotatable bonds is 7. The second kappa shape index (κ2) is 7.74. The number of nitrogens with zero attached hydrogens (tertiary/aromatic N) is 1. The standard InChI is InChI=1S/C16H23NO2/c1-4-17(11-13(2)3)12-15-8-6-5-7-14(15)9-10-16(18)19/h5-10,13H,4,11-12H2,1-3H3,(H,18,19). The van der Waals surface area contributed by atoms with E-state index in [0.717, 1.165) is 25.2 Å². The van der Waals surface area contributed by atoms with Gasteiger partial charge >= 0.3 is 5.97 Å². The highest BCUT2D eigenvalue weighted by Gasteiger charge is 2.08. The molecular formula is C16H23NO2. The van der Waals surface area contributed by atoms with Crippen LogP contribution in [0.2, 0.25) is 0 Å². The van der Waals surface area contributed by atoms with Gasteiger partial charge < -0.3 is 5.11 Å². The van der Waals surface area contributed by atoms with Gasteiger partial charge in [-0.05, 0) is 29.7 Å². The molecule has 0 amide bonds. The molecule has 0 bridgehead atoms. The third-order valence-corrected chi connectivity index (χ3v) is 2.93. The highest BCUT2D eigenvalue weighted by atomic mass is 16.4. The van der Waals surface area contributed by atoms with Crippen LogP contribution in [0.4, 0.5) is 0 Å². The lowest BCUT2D eigenvalue weighted by Crippen LogP contribution is -2.27. The summed E-state index contributed by atoms with van der Waals surface area (Å²) < 4.78 is 0. The van der Waals surface area contributed by atoms with Gasteiger partial charge in [0.1, 0.15) is 0 Å². The van der Waals surface area contributed by atoms with E-state index in [1.165, 1.54) is 11.6 Å². The number of hydrogen-bond donors (Lipinski definition) is 1. The Morgan fingerprint density at radius 2 is 2.05 bits per heavy atom. The predicted octanol–water partition coefficient (Wildman–Crippen LogP) is 3.26. The first-order chi connectivity index (χ1) is 9.02. The predicted molar refractivity (Wildman–Crippen MR) is 78.9 cm³/mol. The summed E-state index contributed by atoms with van der Waals surface area (Å²) in [4.78, 5) is 13.0. The lowest BCUT2D eigenvalue weighted by Gasteiger charge is -2.23. The largest absolute Gasteiger partial charge is 0.478 e. The minimum Gasteiger partial charge on any atom is -0.478 e. The van der Waals surface area contributed by atoms with Crippen LogP contribution in [0, 0.1) is 5.92 Å². The number of benzene rings is 1. The Kier molecular flexibility index (Phi) is 6.30. The molecule has 0 aliphatic carbocycles. The Bertz CT molecular complexity index is 438. The lowest BCUT2D eigenvalue weighted by atomic mass is 10.1. The van der Waals surface area contributed by atoms with E-state index in [1.807, 2.05) is 18.2 Å². The molecular weight excluding hydrogens is 238 g/mol. The normalized spacial score (nSPS) is 11.6. The molecule has 3 heteroatoms. The molecule has 1 aromatic carbocycles. The number of hydrogen-bond acceptors (Lipinski definition) is 2. The van der Waals surface area contributed by atoms with Crippen molar-refractivity contribution in [3.8, 4) is 0 Å². The van der Waals surface area contributed by atoms with Crippen LogP contribution < -0.4 is 0 Å². The molecule has 0 unspecified atom stereocenters. The molecule has 0 saturated heterocycles. The Morgan fingerprint density at radius 3 is 2.63 bits per heavy atom. The summed E-state index contributed by atoms with van der Waals surface area (Å²) in [5.41, 5.74) is 2.15. The summed E-state index contributed by atoms with van der Waals surface area (Å²) in [5, 5.41) is 8.72. The monoisotopic (exact) mass is 261 g/mol. The third kappa shape index (κ3) is 5.71. The van der Waals surface area contributed by atoms with E-state index in [-0.39, 0.29) is 0 Å².